The molecular weight excluding hydrogens is 270 g/mol. The first-order chi connectivity index (χ1) is 7.09. The maximum Gasteiger partial charge on any atom is 0.248 e. The zero-order valence-electron chi connectivity index (χ0n) is 8.41. The van der Waals surface area contributed by atoms with Crippen molar-refractivity contribution in [2.24, 2.45) is 4.99 Å². The number of fused-ring (bicyclic) bond motifs is 1. The first-order valence-electron chi connectivity index (χ1n) is 4.36. The third kappa shape index (κ3) is 2.32. The van der Waals surface area contributed by atoms with E-state index in [1.807, 2.05) is 0 Å². The number of carbonyl (C=O) groups is 1. The van der Waals surface area contributed by atoms with E-state index in [1.54, 1.807) is 25.2 Å². The van der Waals surface area contributed by atoms with Crippen LogP contribution in [-0.4, -0.2) is 24.7 Å². The third-order valence-corrected chi connectivity index (χ3v) is 2.83. The highest BCUT2D eigenvalue weighted by Gasteiger charge is 2.20. The van der Waals surface area contributed by atoms with Crippen LogP contribution in [0, 0.1) is 0 Å². The summed E-state index contributed by atoms with van der Waals surface area (Å²) in [5.74, 6) is -0.0887. The number of anilines is 1. The van der Waals surface area contributed by atoms with Crippen molar-refractivity contribution in [2.45, 2.75) is 0 Å². The predicted molar refractivity (Wildman–Crippen MR) is 69.4 cm³/mol. The molecule has 16 heavy (non-hydrogen) atoms. The molecule has 1 amide bonds. The van der Waals surface area contributed by atoms with Crippen LogP contribution in [0.5, 0.6) is 0 Å². The van der Waals surface area contributed by atoms with Gasteiger partial charge in [0.2, 0.25) is 5.91 Å². The molecule has 0 bridgehead atoms. The first kappa shape index (κ1) is 13.3. The summed E-state index contributed by atoms with van der Waals surface area (Å²) in [6.45, 7) is 0.0711. The van der Waals surface area contributed by atoms with E-state index in [9.17, 15) is 4.79 Å². The van der Waals surface area contributed by atoms with Gasteiger partial charge in [-0.2, -0.15) is 0 Å². The SMILES string of the molecule is CN1C(=O)CN=C(Cl)c2cc(Cl)ccc21.Cl. The van der Waals surface area contributed by atoms with Crippen molar-refractivity contribution in [1.82, 2.24) is 0 Å². The lowest BCUT2D eigenvalue weighted by Crippen LogP contribution is -2.27. The maximum absolute atomic E-state index is 11.5. The lowest BCUT2D eigenvalue weighted by Gasteiger charge is -2.16. The van der Waals surface area contributed by atoms with Crippen LogP contribution in [0.1, 0.15) is 5.56 Å². The summed E-state index contributed by atoms with van der Waals surface area (Å²) in [5, 5.41) is 0.898. The predicted octanol–water partition coefficient (Wildman–Crippen LogP) is 2.72. The van der Waals surface area contributed by atoms with Gasteiger partial charge in [0.15, 0.2) is 0 Å². The number of carbonyl (C=O) groups excluding carboxylic acids is 1. The summed E-state index contributed by atoms with van der Waals surface area (Å²) in [5.41, 5.74) is 1.42. The van der Waals surface area contributed by atoms with E-state index < -0.39 is 0 Å². The quantitative estimate of drug-likeness (QED) is 0.719. The van der Waals surface area contributed by atoms with Crippen LogP contribution < -0.4 is 4.90 Å². The average Bonchev–Trinajstić information content (AvgIpc) is 2.32. The highest BCUT2D eigenvalue weighted by atomic mass is 35.5. The fraction of sp³-hybridized carbons (Fsp3) is 0.200. The standard InChI is InChI=1S/C10H8Cl2N2O.ClH/c1-14-8-3-2-6(11)4-7(8)10(12)13-5-9(14)15;/h2-4H,5H2,1H3;1H. The average molecular weight is 280 g/mol. The molecule has 6 heteroatoms. The van der Waals surface area contributed by atoms with Crippen molar-refractivity contribution >= 4 is 52.4 Å². The molecular formula is C10H9Cl3N2O. The lowest BCUT2D eigenvalue weighted by atomic mass is 10.2. The van der Waals surface area contributed by atoms with Gasteiger partial charge in [-0.15, -0.1) is 12.4 Å². The van der Waals surface area contributed by atoms with Crippen molar-refractivity contribution < 1.29 is 4.79 Å². The minimum absolute atomic E-state index is 0. The zero-order valence-corrected chi connectivity index (χ0v) is 10.7. The largest absolute Gasteiger partial charge is 0.313 e. The fourth-order valence-electron chi connectivity index (χ4n) is 1.43. The first-order valence-corrected chi connectivity index (χ1v) is 5.11. The Morgan fingerprint density at radius 2 is 2.06 bits per heavy atom. The molecule has 1 aliphatic heterocycles. The molecule has 1 heterocycles. The third-order valence-electron chi connectivity index (χ3n) is 2.27. The molecule has 0 N–H and O–H groups in total. The van der Waals surface area contributed by atoms with E-state index >= 15 is 0 Å². The summed E-state index contributed by atoms with van der Waals surface area (Å²) in [6.07, 6.45) is 0. The van der Waals surface area contributed by atoms with Crippen molar-refractivity contribution in [3.8, 4) is 0 Å². The van der Waals surface area contributed by atoms with E-state index in [-0.39, 0.29) is 24.9 Å². The Morgan fingerprint density at radius 1 is 1.38 bits per heavy atom. The minimum atomic E-state index is -0.0887. The van der Waals surface area contributed by atoms with Crippen molar-refractivity contribution in [2.75, 3.05) is 18.5 Å². The topological polar surface area (TPSA) is 32.7 Å². The number of hydrogen-bond donors (Lipinski definition) is 0. The van der Waals surface area contributed by atoms with E-state index in [2.05, 4.69) is 4.99 Å². The van der Waals surface area contributed by atoms with Gasteiger partial charge in [-0.05, 0) is 18.2 Å². The molecule has 0 radical (unpaired) electrons. The molecule has 0 unspecified atom stereocenters. The Morgan fingerprint density at radius 3 is 2.75 bits per heavy atom. The second kappa shape index (κ2) is 5.04. The van der Waals surface area contributed by atoms with Crippen LogP contribution in [-0.2, 0) is 4.79 Å². The summed E-state index contributed by atoms with van der Waals surface area (Å²) in [6, 6.07) is 5.19. The lowest BCUT2D eigenvalue weighted by molar-refractivity contribution is -0.116. The van der Waals surface area contributed by atoms with Crippen LogP contribution >= 0.6 is 35.6 Å². The molecule has 0 saturated carbocycles. The molecule has 1 aromatic rings. The van der Waals surface area contributed by atoms with Crippen LogP contribution in [0.4, 0.5) is 5.69 Å². The smallest absolute Gasteiger partial charge is 0.248 e. The number of likely N-dealkylation sites (N-methyl/N-ethyl adjacent to an activating group) is 1. The number of rotatable bonds is 0. The molecule has 0 aromatic heterocycles. The molecule has 86 valence electrons. The number of aliphatic imine (C=N–C) groups is 1. The van der Waals surface area contributed by atoms with Crippen molar-refractivity contribution in [3.05, 3.63) is 28.8 Å². The van der Waals surface area contributed by atoms with E-state index in [1.165, 1.54) is 4.90 Å². The normalized spacial score (nSPS) is 14.8. The monoisotopic (exact) mass is 278 g/mol. The van der Waals surface area contributed by atoms with Gasteiger partial charge in [0.1, 0.15) is 11.7 Å². The van der Waals surface area contributed by atoms with Gasteiger partial charge in [0.25, 0.3) is 0 Å². The molecule has 0 aliphatic carbocycles. The fourth-order valence-corrected chi connectivity index (χ4v) is 1.81. The van der Waals surface area contributed by atoms with E-state index in [0.29, 0.717) is 15.8 Å². The second-order valence-corrected chi connectivity index (χ2v) is 4.02. The number of halogens is 3. The van der Waals surface area contributed by atoms with Gasteiger partial charge in [0, 0.05) is 17.6 Å². The highest BCUT2D eigenvalue weighted by Crippen LogP contribution is 2.27. The Bertz CT molecular complexity index is 459. The van der Waals surface area contributed by atoms with Gasteiger partial charge >= 0.3 is 0 Å². The number of benzodiazepines with no additional fused rings is 1. The van der Waals surface area contributed by atoms with Crippen molar-refractivity contribution in [1.29, 1.82) is 0 Å². The molecule has 1 aliphatic rings. The molecule has 0 saturated heterocycles. The number of amides is 1. The molecule has 0 atom stereocenters. The van der Waals surface area contributed by atoms with Crippen LogP contribution in [0.3, 0.4) is 0 Å². The molecule has 0 spiro atoms. The van der Waals surface area contributed by atoms with Crippen molar-refractivity contribution in [3.63, 3.8) is 0 Å². The highest BCUT2D eigenvalue weighted by molar-refractivity contribution is 6.70. The summed E-state index contributed by atoms with van der Waals surface area (Å²) in [4.78, 5) is 17.0. The summed E-state index contributed by atoms with van der Waals surface area (Å²) < 4.78 is 0. The number of benzene rings is 1. The number of hydrogen-bond acceptors (Lipinski definition) is 2. The second-order valence-electron chi connectivity index (χ2n) is 3.22. The van der Waals surface area contributed by atoms with E-state index in [4.69, 9.17) is 23.2 Å². The van der Waals surface area contributed by atoms with Gasteiger partial charge in [-0.3, -0.25) is 9.79 Å². The Labute approximate surface area is 109 Å². The summed E-state index contributed by atoms with van der Waals surface area (Å²) >= 11 is 11.8. The minimum Gasteiger partial charge on any atom is -0.313 e. The zero-order chi connectivity index (χ0) is 11.0. The maximum atomic E-state index is 11.5. The number of nitrogens with zero attached hydrogens (tertiary/aromatic N) is 2. The Kier molecular flexibility index (Phi) is 4.19. The van der Waals surface area contributed by atoms with Crippen LogP contribution in [0.25, 0.3) is 0 Å². The van der Waals surface area contributed by atoms with Crippen LogP contribution in [0.15, 0.2) is 23.2 Å². The molecule has 3 nitrogen and oxygen atoms in total. The van der Waals surface area contributed by atoms with E-state index in [0.717, 1.165) is 5.69 Å². The Hall–Kier alpha value is -0.770. The van der Waals surface area contributed by atoms with Crippen LogP contribution in [0.2, 0.25) is 5.02 Å². The molecule has 2 rings (SSSR count). The Balaban J connectivity index is 0.00000128. The van der Waals surface area contributed by atoms with Gasteiger partial charge in [-0.1, -0.05) is 23.2 Å². The van der Waals surface area contributed by atoms with Gasteiger partial charge in [0.05, 0.1) is 5.69 Å². The molecule has 1 aromatic carbocycles. The van der Waals surface area contributed by atoms with Gasteiger partial charge < -0.3 is 4.90 Å². The summed E-state index contributed by atoms with van der Waals surface area (Å²) in [7, 11) is 1.69. The molecule has 0 fully saturated rings. The van der Waals surface area contributed by atoms with Gasteiger partial charge in [-0.25, -0.2) is 0 Å².